The van der Waals surface area contributed by atoms with Crippen LogP contribution in [0.5, 0.6) is 5.75 Å². The van der Waals surface area contributed by atoms with Gasteiger partial charge in [-0.25, -0.2) is 4.98 Å². The zero-order valence-corrected chi connectivity index (χ0v) is 16.9. The van der Waals surface area contributed by atoms with Gasteiger partial charge in [0.05, 0.1) is 7.11 Å². The van der Waals surface area contributed by atoms with Crippen molar-refractivity contribution in [2.24, 2.45) is 0 Å². The van der Waals surface area contributed by atoms with E-state index in [2.05, 4.69) is 45.3 Å². The summed E-state index contributed by atoms with van der Waals surface area (Å²) in [6.45, 7) is 2.88. The molecule has 1 aromatic carbocycles. The standard InChI is InChI=1S/C21H23N5OS/c1-3-4-5-17-23-19-20(18(24-25-21(19)22)15-10-11-28-13-15)26(17)12-14-6-8-16(27-2)9-7-14/h6-11,13H,3-5,12H2,1-2H3,(H2,22,25). The molecule has 3 aromatic heterocycles. The molecular weight excluding hydrogens is 370 g/mol. The average molecular weight is 394 g/mol. The van der Waals surface area contributed by atoms with Crippen LogP contribution in [0.25, 0.3) is 22.3 Å². The Labute approximate surface area is 168 Å². The molecule has 0 saturated heterocycles. The Morgan fingerprint density at radius 1 is 1.14 bits per heavy atom. The van der Waals surface area contributed by atoms with Crippen molar-refractivity contribution in [1.29, 1.82) is 0 Å². The summed E-state index contributed by atoms with van der Waals surface area (Å²) >= 11 is 1.64. The summed E-state index contributed by atoms with van der Waals surface area (Å²) in [5, 5.41) is 12.7. The van der Waals surface area contributed by atoms with E-state index in [0.29, 0.717) is 12.4 Å². The number of aryl methyl sites for hydroxylation is 1. The van der Waals surface area contributed by atoms with E-state index >= 15 is 0 Å². The van der Waals surface area contributed by atoms with E-state index in [4.69, 9.17) is 15.5 Å². The molecule has 0 aliphatic rings. The maximum absolute atomic E-state index is 6.16. The Morgan fingerprint density at radius 3 is 2.64 bits per heavy atom. The van der Waals surface area contributed by atoms with E-state index in [9.17, 15) is 0 Å². The van der Waals surface area contributed by atoms with E-state index < -0.39 is 0 Å². The Hall–Kier alpha value is -2.93. The molecule has 0 unspecified atom stereocenters. The molecule has 4 rings (SSSR count). The monoisotopic (exact) mass is 393 g/mol. The molecule has 0 aliphatic heterocycles. The molecule has 144 valence electrons. The Bertz CT molecular complexity index is 1070. The summed E-state index contributed by atoms with van der Waals surface area (Å²) in [7, 11) is 1.68. The van der Waals surface area contributed by atoms with Gasteiger partial charge < -0.3 is 15.0 Å². The number of benzene rings is 1. The highest BCUT2D eigenvalue weighted by molar-refractivity contribution is 7.08. The van der Waals surface area contributed by atoms with E-state index in [0.717, 1.165) is 53.1 Å². The number of rotatable bonds is 7. The van der Waals surface area contributed by atoms with E-state index in [1.54, 1.807) is 18.4 Å². The Kier molecular flexibility index (Phi) is 5.25. The molecule has 4 aromatic rings. The fourth-order valence-corrected chi connectivity index (χ4v) is 3.96. The van der Waals surface area contributed by atoms with Crippen molar-refractivity contribution in [3.8, 4) is 17.0 Å². The largest absolute Gasteiger partial charge is 0.497 e. The number of nitrogen functional groups attached to an aromatic ring is 1. The van der Waals surface area contributed by atoms with Gasteiger partial charge in [-0.1, -0.05) is 25.5 Å². The number of imidazole rings is 1. The summed E-state index contributed by atoms with van der Waals surface area (Å²) in [6, 6.07) is 10.2. The molecule has 0 bridgehead atoms. The molecule has 0 atom stereocenters. The summed E-state index contributed by atoms with van der Waals surface area (Å²) in [6.07, 6.45) is 3.07. The highest BCUT2D eigenvalue weighted by atomic mass is 32.1. The lowest BCUT2D eigenvalue weighted by molar-refractivity contribution is 0.414. The number of ether oxygens (including phenoxy) is 1. The molecule has 0 saturated carbocycles. The molecular formula is C21H23N5OS. The summed E-state index contributed by atoms with van der Waals surface area (Å²) in [5.41, 5.74) is 10.9. The first-order chi connectivity index (χ1) is 13.7. The number of anilines is 1. The number of aromatic nitrogens is 4. The van der Waals surface area contributed by atoms with Gasteiger partial charge in [0, 0.05) is 23.9 Å². The molecule has 28 heavy (non-hydrogen) atoms. The van der Waals surface area contributed by atoms with Crippen molar-refractivity contribution in [2.45, 2.75) is 32.7 Å². The van der Waals surface area contributed by atoms with Gasteiger partial charge in [0.1, 0.15) is 28.3 Å². The fourth-order valence-electron chi connectivity index (χ4n) is 3.32. The normalized spacial score (nSPS) is 11.2. The van der Waals surface area contributed by atoms with Crippen LogP contribution in [0.15, 0.2) is 41.1 Å². The van der Waals surface area contributed by atoms with Gasteiger partial charge in [0.2, 0.25) is 0 Å². The minimum absolute atomic E-state index is 0.375. The van der Waals surface area contributed by atoms with Gasteiger partial charge in [0.15, 0.2) is 5.82 Å². The van der Waals surface area contributed by atoms with Crippen LogP contribution in [0.4, 0.5) is 5.82 Å². The smallest absolute Gasteiger partial charge is 0.174 e. The highest BCUT2D eigenvalue weighted by Crippen LogP contribution is 2.32. The van der Waals surface area contributed by atoms with Crippen molar-refractivity contribution in [1.82, 2.24) is 19.7 Å². The SMILES string of the molecule is CCCCc1nc2c(N)nnc(-c3ccsc3)c2n1Cc1ccc(OC)cc1. The topological polar surface area (TPSA) is 78.9 Å². The third-order valence-corrected chi connectivity index (χ3v) is 5.50. The second kappa shape index (κ2) is 7.98. The molecule has 0 amide bonds. The molecule has 3 heterocycles. The first-order valence-corrected chi connectivity index (χ1v) is 10.3. The van der Waals surface area contributed by atoms with Crippen LogP contribution in [0.2, 0.25) is 0 Å². The zero-order valence-electron chi connectivity index (χ0n) is 16.1. The van der Waals surface area contributed by atoms with Gasteiger partial charge >= 0.3 is 0 Å². The quantitative estimate of drug-likeness (QED) is 0.499. The lowest BCUT2D eigenvalue weighted by atomic mass is 10.1. The lowest BCUT2D eigenvalue weighted by Crippen LogP contribution is -2.07. The van der Waals surface area contributed by atoms with Crippen LogP contribution in [0.1, 0.15) is 31.2 Å². The molecule has 0 aliphatic carbocycles. The summed E-state index contributed by atoms with van der Waals surface area (Å²) in [4.78, 5) is 4.86. The minimum Gasteiger partial charge on any atom is -0.497 e. The third-order valence-electron chi connectivity index (χ3n) is 4.82. The van der Waals surface area contributed by atoms with Gasteiger partial charge in [-0.05, 0) is 35.6 Å². The Balaban J connectivity index is 1.88. The number of methoxy groups -OCH3 is 1. The van der Waals surface area contributed by atoms with Gasteiger partial charge in [-0.3, -0.25) is 0 Å². The van der Waals surface area contributed by atoms with E-state index in [1.807, 2.05) is 17.5 Å². The third kappa shape index (κ3) is 3.45. The Morgan fingerprint density at radius 2 is 1.96 bits per heavy atom. The molecule has 0 radical (unpaired) electrons. The first-order valence-electron chi connectivity index (χ1n) is 9.38. The van der Waals surface area contributed by atoms with Crippen molar-refractivity contribution < 1.29 is 4.74 Å². The number of fused-ring (bicyclic) bond motifs is 1. The second-order valence-electron chi connectivity index (χ2n) is 6.71. The highest BCUT2D eigenvalue weighted by Gasteiger charge is 2.20. The maximum Gasteiger partial charge on any atom is 0.174 e. The predicted octanol–water partition coefficient (Wildman–Crippen LogP) is 4.54. The number of nitrogens with zero attached hydrogens (tertiary/aromatic N) is 4. The van der Waals surface area contributed by atoms with Crippen LogP contribution in [-0.4, -0.2) is 26.9 Å². The van der Waals surface area contributed by atoms with Gasteiger partial charge in [-0.2, -0.15) is 11.3 Å². The van der Waals surface area contributed by atoms with Gasteiger partial charge in [0.25, 0.3) is 0 Å². The van der Waals surface area contributed by atoms with E-state index in [1.165, 1.54) is 5.56 Å². The molecule has 6 nitrogen and oxygen atoms in total. The van der Waals surface area contributed by atoms with E-state index in [-0.39, 0.29) is 0 Å². The van der Waals surface area contributed by atoms with Crippen LogP contribution in [0.3, 0.4) is 0 Å². The van der Waals surface area contributed by atoms with Crippen LogP contribution >= 0.6 is 11.3 Å². The summed E-state index contributed by atoms with van der Waals surface area (Å²) < 4.78 is 7.52. The van der Waals surface area contributed by atoms with Crippen molar-refractivity contribution in [3.63, 3.8) is 0 Å². The van der Waals surface area contributed by atoms with Crippen molar-refractivity contribution in [3.05, 3.63) is 52.5 Å². The number of unbranched alkanes of at least 4 members (excludes halogenated alkanes) is 1. The average Bonchev–Trinajstić information content (AvgIpc) is 3.37. The van der Waals surface area contributed by atoms with Crippen molar-refractivity contribution in [2.75, 3.05) is 12.8 Å². The number of nitrogens with two attached hydrogens (primary N) is 1. The zero-order chi connectivity index (χ0) is 19.5. The summed E-state index contributed by atoms with van der Waals surface area (Å²) in [5.74, 6) is 2.24. The fraction of sp³-hybridized carbons (Fsp3) is 0.286. The number of hydrogen-bond donors (Lipinski definition) is 1. The lowest BCUT2D eigenvalue weighted by Gasteiger charge is -2.12. The van der Waals surface area contributed by atoms with Gasteiger partial charge in [-0.15, -0.1) is 10.2 Å². The number of thiophene rings is 1. The molecule has 0 fully saturated rings. The van der Waals surface area contributed by atoms with Crippen LogP contribution < -0.4 is 10.5 Å². The van der Waals surface area contributed by atoms with Crippen LogP contribution in [0, 0.1) is 0 Å². The minimum atomic E-state index is 0.375. The molecule has 2 N–H and O–H groups in total. The maximum atomic E-state index is 6.16. The molecule has 0 spiro atoms. The predicted molar refractivity (Wildman–Crippen MR) is 114 cm³/mol. The number of hydrogen-bond acceptors (Lipinski definition) is 6. The second-order valence-corrected chi connectivity index (χ2v) is 7.49. The van der Waals surface area contributed by atoms with Crippen molar-refractivity contribution >= 4 is 28.2 Å². The first kappa shape index (κ1) is 18.4. The molecule has 7 heteroatoms. The van der Waals surface area contributed by atoms with Crippen LogP contribution in [-0.2, 0) is 13.0 Å².